The third-order valence-electron chi connectivity index (χ3n) is 2.84. The maximum atomic E-state index is 6.09. The van der Waals surface area contributed by atoms with Crippen LogP contribution in [0.2, 0.25) is 5.02 Å². The van der Waals surface area contributed by atoms with Gasteiger partial charge in [0.2, 0.25) is 0 Å². The summed E-state index contributed by atoms with van der Waals surface area (Å²) < 4.78 is 6.79. The third-order valence-corrected chi connectivity index (χ3v) is 4.01. The number of ether oxygens (including phenoxy) is 1. The molecule has 0 aliphatic heterocycles. The van der Waals surface area contributed by atoms with Crippen molar-refractivity contribution in [2.24, 2.45) is 0 Å². The molecule has 0 amide bonds. The molecule has 0 fully saturated rings. The van der Waals surface area contributed by atoms with Gasteiger partial charge in [0.15, 0.2) is 0 Å². The topological polar surface area (TPSA) is 48.1 Å². The van der Waals surface area contributed by atoms with E-state index in [-0.39, 0.29) is 0 Å². The van der Waals surface area contributed by atoms with E-state index in [1.807, 2.05) is 36.4 Å². The van der Waals surface area contributed by atoms with Crippen LogP contribution in [-0.4, -0.2) is 4.98 Å². The smallest absolute Gasteiger partial charge is 0.145 e. The molecule has 96 valence electrons. The molecule has 0 radical (unpaired) electrons. The Balaban J connectivity index is 1.86. The van der Waals surface area contributed by atoms with E-state index in [1.54, 1.807) is 16.8 Å². The van der Waals surface area contributed by atoms with E-state index in [0.717, 1.165) is 15.8 Å². The third kappa shape index (κ3) is 2.37. The van der Waals surface area contributed by atoms with Crippen molar-refractivity contribution >= 4 is 38.8 Å². The molecular formula is C14H11ClN2OS. The zero-order valence-electron chi connectivity index (χ0n) is 9.97. The Labute approximate surface area is 119 Å². The predicted molar refractivity (Wildman–Crippen MR) is 79.8 cm³/mol. The van der Waals surface area contributed by atoms with Crippen LogP contribution in [0.4, 0.5) is 5.69 Å². The molecule has 19 heavy (non-hydrogen) atoms. The van der Waals surface area contributed by atoms with Gasteiger partial charge in [-0.25, -0.2) is 4.98 Å². The maximum absolute atomic E-state index is 6.09. The van der Waals surface area contributed by atoms with Crippen molar-refractivity contribution in [1.82, 2.24) is 4.98 Å². The summed E-state index contributed by atoms with van der Waals surface area (Å²) in [6.07, 6.45) is 0. The molecule has 0 saturated carbocycles. The molecule has 0 aliphatic rings. The maximum Gasteiger partial charge on any atom is 0.145 e. The van der Waals surface area contributed by atoms with Gasteiger partial charge >= 0.3 is 0 Å². The summed E-state index contributed by atoms with van der Waals surface area (Å²) in [6.45, 7) is 0.388. The predicted octanol–water partition coefficient (Wildman–Crippen LogP) is 4.11. The van der Waals surface area contributed by atoms with Crippen LogP contribution in [0.25, 0.3) is 10.2 Å². The molecule has 1 aromatic heterocycles. The summed E-state index contributed by atoms with van der Waals surface area (Å²) >= 11 is 7.65. The molecule has 0 saturated heterocycles. The summed E-state index contributed by atoms with van der Waals surface area (Å²) in [5.74, 6) is 0.637. The lowest BCUT2D eigenvalue weighted by Gasteiger charge is -2.10. The number of rotatable bonds is 3. The van der Waals surface area contributed by atoms with Crippen LogP contribution in [0.1, 0.15) is 5.56 Å². The zero-order chi connectivity index (χ0) is 13.2. The second-order valence-corrected chi connectivity index (χ2v) is 5.35. The molecule has 0 aliphatic carbocycles. The van der Waals surface area contributed by atoms with E-state index in [1.165, 1.54) is 0 Å². The first-order chi connectivity index (χ1) is 9.25. The molecule has 3 rings (SSSR count). The molecule has 0 bridgehead atoms. The van der Waals surface area contributed by atoms with E-state index in [2.05, 4.69) is 4.98 Å². The van der Waals surface area contributed by atoms with Crippen LogP contribution in [0.3, 0.4) is 0 Å². The number of nitrogens with zero attached hydrogens (tertiary/aromatic N) is 1. The fourth-order valence-corrected chi connectivity index (χ4v) is 2.71. The number of aromatic nitrogens is 1. The highest BCUT2D eigenvalue weighted by Gasteiger charge is 2.08. The van der Waals surface area contributed by atoms with Crippen molar-refractivity contribution in [3.05, 3.63) is 52.5 Å². The van der Waals surface area contributed by atoms with Crippen LogP contribution >= 0.6 is 22.9 Å². The first-order valence-electron chi connectivity index (χ1n) is 5.73. The van der Waals surface area contributed by atoms with Gasteiger partial charge in [0.25, 0.3) is 0 Å². The quantitative estimate of drug-likeness (QED) is 0.738. The number of anilines is 1. The Morgan fingerprint density at radius 1 is 1.21 bits per heavy atom. The van der Waals surface area contributed by atoms with Gasteiger partial charge in [-0.05, 0) is 18.2 Å². The number of fused-ring (bicyclic) bond motifs is 1. The average Bonchev–Trinajstić information content (AvgIpc) is 2.89. The monoisotopic (exact) mass is 290 g/mol. The SMILES string of the molecule is Nc1c(OCc2ccccc2Cl)ccc2scnc12. The van der Waals surface area contributed by atoms with Crippen molar-refractivity contribution in [3.8, 4) is 5.75 Å². The molecule has 3 nitrogen and oxygen atoms in total. The highest BCUT2D eigenvalue weighted by molar-refractivity contribution is 7.16. The van der Waals surface area contributed by atoms with Gasteiger partial charge in [0.1, 0.15) is 23.6 Å². The van der Waals surface area contributed by atoms with Crippen molar-refractivity contribution in [1.29, 1.82) is 0 Å². The highest BCUT2D eigenvalue weighted by Crippen LogP contribution is 2.32. The van der Waals surface area contributed by atoms with Gasteiger partial charge in [0.05, 0.1) is 10.2 Å². The van der Waals surface area contributed by atoms with Crippen LogP contribution in [0.5, 0.6) is 5.75 Å². The van der Waals surface area contributed by atoms with Gasteiger partial charge < -0.3 is 10.5 Å². The summed E-state index contributed by atoms with van der Waals surface area (Å²) in [4.78, 5) is 4.24. The second kappa shape index (κ2) is 5.07. The Hall–Kier alpha value is -1.78. The molecule has 0 spiro atoms. The van der Waals surface area contributed by atoms with E-state index >= 15 is 0 Å². The molecule has 1 heterocycles. The number of nitrogen functional groups attached to an aromatic ring is 1. The van der Waals surface area contributed by atoms with Gasteiger partial charge in [-0.3, -0.25) is 0 Å². The second-order valence-electron chi connectivity index (χ2n) is 4.06. The summed E-state index contributed by atoms with van der Waals surface area (Å²) in [7, 11) is 0. The van der Waals surface area contributed by atoms with Crippen molar-refractivity contribution in [2.45, 2.75) is 6.61 Å². The minimum Gasteiger partial charge on any atom is -0.487 e. The summed E-state index contributed by atoms with van der Waals surface area (Å²) in [5.41, 5.74) is 10.1. The standard InChI is InChI=1S/C14H11ClN2OS/c15-10-4-2-1-3-9(10)7-18-11-5-6-12-14(13(11)16)17-8-19-12/h1-6,8H,7,16H2. The molecule has 0 unspecified atom stereocenters. The number of thiazole rings is 1. The lowest BCUT2D eigenvalue weighted by atomic mass is 10.2. The lowest BCUT2D eigenvalue weighted by Crippen LogP contribution is -1.99. The fourth-order valence-electron chi connectivity index (χ4n) is 1.83. The van der Waals surface area contributed by atoms with Crippen LogP contribution < -0.4 is 10.5 Å². The molecule has 0 atom stereocenters. The van der Waals surface area contributed by atoms with Gasteiger partial charge in [0, 0.05) is 10.6 Å². The fraction of sp³-hybridized carbons (Fsp3) is 0.0714. The molecular weight excluding hydrogens is 280 g/mol. The number of halogens is 1. The van der Waals surface area contributed by atoms with Crippen LogP contribution in [-0.2, 0) is 6.61 Å². The number of nitrogens with two attached hydrogens (primary N) is 1. The van der Waals surface area contributed by atoms with E-state index in [4.69, 9.17) is 22.1 Å². The minimum absolute atomic E-state index is 0.388. The van der Waals surface area contributed by atoms with Crippen LogP contribution in [0, 0.1) is 0 Å². The van der Waals surface area contributed by atoms with Crippen molar-refractivity contribution < 1.29 is 4.74 Å². The Morgan fingerprint density at radius 2 is 2.05 bits per heavy atom. The first-order valence-corrected chi connectivity index (χ1v) is 6.99. The average molecular weight is 291 g/mol. The Kier molecular flexibility index (Phi) is 3.27. The van der Waals surface area contributed by atoms with Crippen molar-refractivity contribution in [3.63, 3.8) is 0 Å². The van der Waals surface area contributed by atoms with Gasteiger partial charge in [-0.2, -0.15) is 0 Å². The Morgan fingerprint density at radius 3 is 2.89 bits per heavy atom. The largest absolute Gasteiger partial charge is 0.487 e. The lowest BCUT2D eigenvalue weighted by molar-refractivity contribution is 0.308. The molecule has 5 heteroatoms. The number of hydrogen-bond acceptors (Lipinski definition) is 4. The van der Waals surface area contributed by atoms with Crippen LogP contribution in [0.15, 0.2) is 41.9 Å². The number of hydrogen-bond donors (Lipinski definition) is 1. The highest BCUT2D eigenvalue weighted by atomic mass is 35.5. The first kappa shape index (κ1) is 12.3. The Bertz CT molecular complexity index is 726. The summed E-state index contributed by atoms with van der Waals surface area (Å²) in [6, 6.07) is 11.4. The van der Waals surface area contributed by atoms with Gasteiger partial charge in [-0.1, -0.05) is 29.8 Å². The molecule has 3 aromatic rings. The molecule has 2 N–H and O–H groups in total. The van der Waals surface area contributed by atoms with E-state index in [0.29, 0.717) is 23.1 Å². The van der Waals surface area contributed by atoms with E-state index in [9.17, 15) is 0 Å². The van der Waals surface area contributed by atoms with Gasteiger partial charge in [-0.15, -0.1) is 11.3 Å². The number of benzene rings is 2. The van der Waals surface area contributed by atoms with Crippen molar-refractivity contribution in [2.75, 3.05) is 5.73 Å². The molecule has 2 aromatic carbocycles. The van der Waals surface area contributed by atoms with E-state index < -0.39 is 0 Å². The normalized spacial score (nSPS) is 10.8. The summed E-state index contributed by atoms with van der Waals surface area (Å²) in [5, 5.41) is 0.691. The minimum atomic E-state index is 0.388. The zero-order valence-corrected chi connectivity index (χ0v) is 11.5.